The SMILES string of the molecule is CC(C(=O)O)C(C)C(=O)NCCC(=O)N(C)C. The minimum atomic E-state index is -1.00. The van der Waals surface area contributed by atoms with Crippen molar-refractivity contribution in [1.29, 1.82) is 0 Å². The molecule has 0 aliphatic rings. The van der Waals surface area contributed by atoms with Crippen LogP contribution >= 0.6 is 0 Å². The smallest absolute Gasteiger partial charge is 0.307 e. The van der Waals surface area contributed by atoms with Gasteiger partial charge in [-0.2, -0.15) is 0 Å². The number of hydrogen-bond donors (Lipinski definition) is 2. The molecule has 2 unspecified atom stereocenters. The lowest BCUT2D eigenvalue weighted by Crippen LogP contribution is -2.37. The van der Waals surface area contributed by atoms with Gasteiger partial charge in [-0.3, -0.25) is 14.4 Å². The first-order chi connectivity index (χ1) is 7.77. The number of carbonyl (C=O) groups is 3. The van der Waals surface area contributed by atoms with Crippen LogP contribution in [0.4, 0.5) is 0 Å². The maximum atomic E-state index is 11.5. The Kier molecular flexibility index (Phi) is 6.23. The molecule has 0 saturated carbocycles. The van der Waals surface area contributed by atoms with Crippen LogP contribution < -0.4 is 5.32 Å². The highest BCUT2D eigenvalue weighted by atomic mass is 16.4. The van der Waals surface area contributed by atoms with Crippen molar-refractivity contribution < 1.29 is 19.5 Å². The maximum absolute atomic E-state index is 11.5. The largest absolute Gasteiger partial charge is 0.481 e. The number of aliphatic carboxylic acids is 1. The molecule has 0 bridgehead atoms. The summed E-state index contributed by atoms with van der Waals surface area (Å²) in [4.78, 5) is 34.9. The van der Waals surface area contributed by atoms with E-state index in [2.05, 4.69) is 5.32 Å². The lowest BCUT2D eigenvalue weighted by atomic mass is 9.95. The van der Waals surface area contributed by atoms with E-state index in [1.165, 1.54) is 11.8 Å². The standard InChI is InChI=1S/C11H20N2O4/c1-7(8(2)11(16)17)10(15)12-6-5-9(14)13(3)4/h7-8H,5-6H2,1-4H3,(H,12,15)(H,16,17). The average Bonchev–Trinajstić information content (AvgIpc) is 2.26. The van der Waals surface area contributed by atoms with E-state index in [1.54, 1.807) is 21.0 Å². The van der Waals surface area contributed by atoms with E-state index < -0.39 is 17.8 Å². The van der Waals surface area contributed by atoms with Gasteiger partial charge in [-0.25, -0.2) is 0 Å². The summed E-state index contributed by atoms with van der Waals surface area (Å²) in [6, 6.07) is 0. The van der Waals surface area contributed by atoms with E-state index in [0.29, 0.717) is 0 Å². The van der Waals surface area contributed by atoms with Crippen molar-refractivity contribution in [2.45, 2.75) is 20.3 Å². The van der Waals surface area contributed by atoms with Crippen LogP contribution in [0.5, 0.6) is 0 Å². The predicted octanol–water partition coefficient (Wildman–Crippen LogP) is -0.0623. The van der Waals surface area contributed by atoms with E-state index >= 15 is 0 Å². The van der Waals surface area contributed by atoms with Gasteiger partial charge in [0.15, 0.2) is 0 Å². The molecule has 0 aromatic heterocycles. The molecule has 98 valence electrons. The number of carbonyl (C=O) groups excluding carboxylic acids is 2. The molecular formula is C11H20N2O4. The summed E-state index contributed by atoms with van der Waals surface area (Å²) in [7, 11) is 3.28. The first-order valence-corrected chi connectivity index (χ1v) is 5.48. The van der Waals surface area contributed by atoms with E-state index in [9.17, 15) is 14.4 Å². The molecule has 0 aromatic rings. The monoisotopic (exact) mass is 244 g/mol. The lowest BCUT2D eigenvalue weighted by molar-refractivity contribution is -0.146. The predicted molar refractivity (Wildman–Crippen MR) is 62.3 cm³/mol. The summed E-state index contributed by atoms with van der Waals surface area (Å²) < 4.78 is 0. The van der Waals surface area contributed by atoms with Gasteiger partial charge in [0.25, 0.3) is 0 Å². The number of nitrogens with one attached hydrogen (secondary N) is 1. The Morgan fingerprint density at radius 1 is 1.18 bits per heavy atom. The zero-order valence-electron chi connectivity index (χ0n) is 10.7. The number of hydrogen-bond acceptors (Lipinski definition) is 3. The van der Waals surface area contributed by atoms with Crippen molar-refractivity contribution >= 4 is 17.8 Å². The second-order valence-electron chi connectivity index (χ2n) is 4.24. The van der Waals surface area contributed by atoms with Gasteiger partial charge in [0, 0.05) is 33.0 Å². The summed E-state index contributed by atoms with van der Waals surface area (Å²) in [5, 5.41) is 11.3. The molecule has 6 heteroatoms. The van der Waals surface area contributed by atoms with Gasteiger partial charge in [-0.15, -0.1) is 0 Å². The maximum Gasteiger partial charge on any atom is 0.307 e. The molecule has 0 rings (SSSR count). The van der Waals surface area contributed by atoms with Crippen molar-refractivity contribution in [3.05, 3.63) is 0 Å². The van der Waals surface area contributed by atoms with Crippen molar-refractivity contribution in [2.24, 2.45) is 11.8 Å². The van der Waals surface area contributed by atoms with Crippen LogP contribution in [0.3, 0.4) is 0 Å². The molecule has 0 radical (unpaired) electrons. The van der Waals surface area contributed by atoms with Crippen LogP contribution in [0.15, 0.2) is 0 Å². The molecule has 0 saturated heterocycles. The van der Waals surface area contributed by atoms with Crippen LogP contribution in [0.1, 0.15) is 20.3 Å². The van der Waals surface area contributed by atoms with Crippen LogP contribution in [-0.2, 0) is 14.4 Å². The highest BCUT2D eigenvalue weighted by molar-refractivity contribution is 5.84. The summed E-state index contributed by atoms with van der Waals surface area (Å²) in [6.45, 7) is 3.27. The van der Waals surface area contributed by atoms with E-state index in [1.807, 2.05) is 0 Å². The van der Waals surface area contributed by atoms with E-state index in [0.717, 1.165) is 0 Å². The van der Waals surface area contributed by atoms with Gasteiger partial charge >= 0.3 is 5.97 Å². The van der Waals surface area contributed by atoms with Crippen molar-refractivity contribution in [3.8, 4) is 0 Å². The first-order valence-electron chi connectivity index (χ1n) is 5.48. The lowest BCUT2D eigenvalue weighted by Gasteiger charge is -2.16. The molecule has 2 amide bonds. The summed E-state index contributed by atoms with van der Waals surface area (Å²) >= 11 is 0. The van der Waals surface area contributed by atoms with Gasteiger partial charge in [-0.05, 0) is 0 Å². The van der Waals surface area contributed by atoms with Gasteiger partial charge in [0.1, 0.15) is 0 Å². The quantitative estimate of drug-likeness (QED) is 0.685. The number of nitrogens with zero attached hydrogens (tertiary/aromatic N) is 1. The summed E-state index contributed by atoms with van der Waals surface area (Å²) in [6.07, 6.45) is 0.215. The number of carboxylic acid groups (broad SMARTS) is 1. The number of amides is 2. The second kappa shape index (κ2) is 6.88. The molecule has 0 aliphatic carbocycles. The molecule has 0 aromatic carbocycles. The molecule has 0 spiro atoms. The molecule has 17 heavy (non-hydrogen) atoms. The Bertz CT molecular complexity index is 302. The third-order valence-corrected chi connectivity index (χ3v) is 2.69. The Labute approximate surface area is 101 Å². The third kappa shape index (κ3) is 5.33. The second-order valence-corrected chi connectivity index (χ2v) is 4.24. The van der Waals surface area contributed by atoms with Crippen molar-refractivity contribution in [3.63, 3.8) is 0 Å². The Hall–Kier alpha value is -1.59. The number of rotatable bonds is 6. The van der Waals surface area contributed by atoms with Crippen molar-refractivity contribution in [1.82, 2.24) is 10.2 Å². The molecule has 2 atom stereocenters. The zero-order chi connectivity index (χ0) is 13.6. The molecule has 0 aliphatic heterocycles. The molecular weight excluding hydrogens is 224 g/mol. The number of carboxylic acids is 1. The third-order valence-electron chi connectivity index (χ3n) is 2.69. The normalized spacial score (nSPS) is 13.6. The van der Waals surface area contributed by atoms with Gasteiger partial charge < -0.3 is 15.3 Å². The first kappa shape index (κ1) is 15.4. The van der Waals surface area contributed by atoms with Gasteiger partial charge in [0.05, 0.1) is 5.92 Å². The molecule has 6 nitrogen and oxygen atoms in total. The highest BCUT2D eigenvalue weighted by Crippen LogP contribution is 2.10. The van der Waals surface area contributed by atoms with Crippen LogP contribution in [0.2, 0.25) is 0 Å². The minimum absolute atomic E-state index is 0.0794. The van der Waals surface area contributed by atoms with Crippen molar-refractivity contribution in [2.75, 3.05) is 20.6 Å². The van der Waals surface area contributed by atoms with Crippen LogP contribution in [0.25, 0.3) is 0 Å². The van der Waals surface area contributed by atoms with Gasteiger partial charge in [-0.1, -0.05) is 13.8 Å². The fraction of sp³-hybridized carbons (Fsp3) is 0.727. The van der Waals surface area contributed by atoms with Crippen LogP contribution in [-0.4, -0.2) is 48.4 Å². The minimum Gasteiger partial charge on any atom is -0.481 e. The topological polar surface area (TPSA) is 86.7 Å². The Balaban J connectivity index is 4.03. The average molecular weight is 244 g/mol. The van der Waals surface area contributed by atoms with Crippen LogP contribution in [0, 0.1) is 11.8 Å². The zero-order valence-corrected chi connectivity index (χ0v) is 10.7. The summed E-state index contributed by atoms with van der Waals surface area (Å²) in [5.74, 6) is -2.77. The fourth-order valence-electron chi connectivity index (χ4n) is 1.12. The van der Waals surface area contributed by atoms with E-state index in [-0.39, 0.29) is 24.8 Å². The van der Waals surface area contributed by atoms with Gasteiger partial charge in [0.2, 0.25) is 11.8 Å². The molecule has 2 N–H and O–H groups in total. The Morgan fingerprint density at radius 2 is 1.71 bits per heavy atom. The Morgan fingerprint density at radius 3 is 2.12 bits per heavy atom. The van der Waals surface area contributed by atoms with E-state index in [4.69, 9.17) is 5.11 Å². The summed E-state index contributed by atoms with van der Waals surface area (Å²) in [5.41, 5.74) is 0. The fourth-order valence-corrected chi connectivity index (χ4v) is 1.12. The molecule has 0 heterocycles. The molecule has 0 fully saturated rings. The highest BCUT2D eigenvalue weighted by Gasteiger charge is 2.25.